The summed E-state index contributed by atoms with van der Waals surface area (Å²) in [6.07, 6.45) is 4.10. The first-order valence-electron chi connectivity index (χ1n) is 5.98. The molecule has 0 radical (unpaired) electrons. The van der Waals surface area contributed by atoms with Gasteiger partial charge in [0.25, 0.3) is 5.89 Å². The van der Waals surface area contributed by atoms with Crippen molar-refractivity contribution in [1.82, 2.24) is 20.4 Å². The molecule has 0 saturated heterocycles. The predicted octanol–water partition coefficient (Wildman–Crippen LogP) is 1.45. The molecule has 2 heterocycles. The minimum atomic E-state index is 0.137. The Morgan fingerprint density at radius 3 is 2.26 bits per heavy atom. The Balaban J connectivity index is 1.67. The van der Waals surface area contributed by atoms with Gasteiger partial charge in [0.2, 0.25) is 17.7 Å². The number of nitrogens with zero attached hydrogens (tertiary/aromatic N) is 4. The SMILES string of the molecule is Cc1nnc(CCCCc2nnc(COC=N)o2)o1. The second kappa shape index (κ2) is 6.62. The van der Waals surface area contributed by atoms with Crippen LogP contribution in [0.3, 0.4) is 0 Å². The van der Waals surface area contributed by atoms with E-state index >= 15 is 0 Å². The summed E-state index contributed by atoms with van der Waals surface area (Å²) in [5, 5.41) is 22.1. The molecule has 19 heavy (non-hydrogen) atoms. The van der Waals surface area contributed by atoms with E-state index in [2.05, 4.69) is 20.4 Å². The van der Waals surface area contributed by atoms with Gasteiger partial charge in [-0.25, -0.2) is 0 Å². The summed E-state index contributed by atoms with van der Waals surface area (Å²) in [7, 11) is 0. The summed E-state index contributed by atoms with van der Waals surface area (Å²) in [6, 6.07) is 0. The van der Waals surface area contributed by atoms with E-state index in [9.17, 15) is 0 Å². The first-order chi connectivity index (χ1) is 9.28. The summed E-state index contributed by atoms with van der Waals surface area (Å²) in [5.74, 6) is 2.20. The fraction of sp³-hybridized carbons (Fsp3) is 0.545. The van der Waals surface area contributed by atoms with Crippen molar-refractivity contribution in [2.24, 2.45) is 0 Å². The lowest BCUT2D eigenvalue weighted by molar-refractivity contribution is 0.256. The van der Waals surface area contributed by atoms with E-state index in [4.69, 9.17) is 19.0 Å². The van der Waals surface area contributed by atoms with Gasteiger partial charge >= 0.3 is 0 Å². The summed E-state index contributed by atoms with van der Waals surface area (Å²) < 4.78 is 15.3. The highest BCUT2D eigenvalue weighted by molar-refractivity contribution is 5.40. The lowest BCUT2D eigenvalue weighted by Crippen LogP contribution is -1.90. The molecular weight excluding hydrogens is 250 g/mol. The van der Waals surface area contributed by atoms with E-state index in [0.29, 0.717) is 30.0 Å². The van der Waals surface area contributed by atoms with Gasteiger partial charge in [-0.2, -0.15) is 0 Å². The lowest BCUT2D eigenvalue weighted by atomic mass is 10.2. The van der Waals surface area contributed by atoms with Crippen molar-refractivity contribution < 1.29 is 13.6 Å². The van der Waals surface area contributed by atoms with E-state index in [0.717, 1.165) is 25.7 Å². The van der Waals surface area contributed by atoms with Crippen LogP contribution in [0, 0.1) is 12.3 Å². The van der Waals surface area contributed by atoms with Crippen molar-refractivity contribution in [3.8, 4) is 0 Å². The van der Waals surface area contributed by atoms with Gasteiger partial charge in [0.05, 0.1) is 0 Å². The molecule has 2 aromatic heterocycles. The van der Waals surface area contributed by atoms with Crippen LogP contribution in [0.4, 0.5) is 0 Å². The average molecular weight is 265 g/mol. The Hall–Kier alpha value is -2.25. The number of rotatable bonds is 8. The van der Waals surface area contributed by atoms with Gasteiger partial charge in [-0.1, -0.05) is 0 Å². The molecule has 0 atom stereocenters. The number of aryl methyl sites for hydroxylation is 3. The van der Waals surface area contributed by atoms with Gasteiger partial charge < -0.3 is 13.6 Å². The van der Waals surface area contributed by atoms with Crippen molar-refractivity contribution in [3.05, 3.63) is 23.6 Å². The maximum Gasteiger partial charge on any atom is 0.253 e. The zero-order chi connectivity index (χ0) is 13.5. The molecule has 0 aliphatic rings. The summed E-state index contributed by atoms with van der Waals surface area (Å²) in [5.41, 5.74) is 0. The molecule has 102 valence electrons. The Morgan fingerprint density at radius 2 is 1.63 bits per heavy atom. The number of nitrogens with one attached hydrogen (secondary N) is 1. The maximum atomic E-state index is 6.72. The minimum Gasteiger partial charge on any atom is -0.474 e. The largest absolute Gasteiger partial charge is 0.474 e. The normalized spacial score (nSPS) is 10.6. The van der Waals surface area contributed by atoms with E-state index in [1.807, 2.05) is 0 Å². The standard InChI is InChI=1S/C11H15N5O3/c1-8-13-14-9(18-8)4-2-3-5-10-15-16-11(19-10)6-17-7-12/h7,12H,2-6H2,1H3. The van der Waals surface area contributed by atoms with E-state index in [-0.39, 0.29) is 6.61 Å². The molecule has 2 aromatic rings. The highest BCUT2D eigenvalue weighted by Gasteiger charge is 2.07. The van der Waals surface area contributed by atoms with Gasteiger partial charge in [0.1, 0.15) is 0 Å². The first kappa shape index (κ1) is 13.2. The average Bonchev–Trinajstić information content (AvgIpc) is 3.01. The van der Waals surface area contributed by atoms with Crippen molar-refractivity contribution in [3.63, 3.8) is 0 Å². The third kappa shape index (κ3) is 4.16. The molecular formula is C11H15N5O3. The zero-order valence-electron chi connectivity index (χ0n) is 10.6. The maximum absolute atomic E-state index is 6.72. The highest BCUT2D eigenvalue weighted by Crippen LogP contribution is 2.08. The molecule has 0 aliphatic heterocycles. The van der Waals surface area contributed by atoms with E-state index in [1.165, 1.54) is 0 Å². The second-order valence-corrected chi connectivity index (χ2v) is 3.94. The summed E-state index contributed by atoms with van der Waals surface area (Å²) in [4.78, 5) is 0. The predicted molar refractivity (Wildman–Crippen MR) is 63.5 cm³/mol. The zero-order valence-corrected chi connectivity index (χ0v) is 10.6. The van der Waals surface area contributed by atoms with Crippen molar-refractivity contribution >= 4 is 6.40 Å². The summed E-state index contributed by atoms with van der Waals surface area (Å²) in [6.45, 7) is 1.91. The second-order valence-electron chi connectivity index (χ2n) is 3.94. The molecule has 0 bridgehead atoms. The molecule has 0 aromatic carbocycles. The smallest absolute Gasteiger partial charge is 0.253 e. The fourth-order valence-corrected chi connectivity index (χ4v) is 1.55. The summed E-state index contributed by atoms with van der Waals surface area (Å²) >= 11 is 0. The van der Waals surface area contributed by atoms with Crippen LogP contribution in [0.5, 0.6) is 0 Å². The molecule has 0 unspecified atom stereocenters. The third-order valence-corrected chi connectivity index (χ3v) is 2.40. The van der Waals surface area contributed by atoms with Crippen LogP contribution in [0.15, 0.2) is 8.83 Å². The number of unbranched alkanes of at least 4 members (excludes halogenated alkanes) is 1. The van der Waals surface area contributed by atoms with Crippen LogP contribution in [0.2, 0.25) is 0 Å². The number of aromatic nitrogens is 4. The Labute approximate surface area is 109 Å². The van der Waals surface area contributed by atoms with Gasteiger partial charge in [-0.05, 0) is 12.8 Å². The lowest BCUT2D eigenvalue weighted by Gasteiger charge is -1.95. The fourth-order valence-electron chi connectivity index (χ4n) is 1.55. The van der Waals surface area contributed by atoms with E-state index < -0.39 is 0 Å². The monoisotopic (exact) mass is 265 g/mol. The van der Waals surface area contributed by atoms with Crippen LogP contribution in [-0.4, -0.2) is 26.8 Å². The molecule has 8 heteroatoms. The molecule has 0 saturated carbocycles. The number of hydrogen-bond acceptors (Lipinski definition) is 8. The molecule has 1 N–H and O–H groups in total. The van der Waals surface area contributed by atoms with Crippen LogP contribution < -0.4 is 0 Å². The van der Waals surface area contributed by atoms with Crippen LogP contribution >= 0.6 is 0 Å². The molecule has 0 amide bonds. The first-order valence-corrected chi connectivity index (χ1v) is 5.98. The Morgan fingerprint density at radius 1 is 1.00 bits per heavy atom. The van der Waals surface area contributed by atoms with Gasteiger partial charge in [-0.15, -0.1) is 20.4 Å². The molecule has 0 spiro atoms. The third-order valence-electron chi connectivity index (χ3n) is 2.40. The quantitative estimate of drug-likeness (QED) is 0.436. The van der Waals surface area contributed by atoms with Crippen LogP contribution in [0.1, 0.15) is 36.4 Å². The van der Waals surface area contributed by atoms with Crippen molar-refractivity contribution in [1.29, 1.82) is 5.41 Å². The highest BCUT2D eigenvalue weighted by atomic mass is 16.5. The van der Waals surface area contributed by atoms with Gasteiger partial charge in [0.15, 0.2) is 13.0 Å². The number of hydrogen-bond donors (Lipinski definition) is 1. The Bertz CT molecular complexity index is 522. The Kier molecular flexibility index (Phi) is 4.60. The molecule has 0 fully saturated rings. The topological polar surface area (TPSA) is 111 Å². The van der Waals surface area contributed by atoms with E-state index in [1.54, 1.807) is 6.92 Å². The van der Waals surface area contributed by atoms with Crippen LogP contribution in [-0.2, 0) is 24.2 Å². The minimum absolute atomic E-state index is 0.137. The number of ether oxygens (including phenoxy) is 1. The van der Waals surface area contributed by atoms with Crippen molar-refractivity contribution in [2.45, 2.75) is 39.2 Å². The molecule has 0 aliphatic carbocycles. The molecule has 8 nitrogen and oxygen atoms in total. The van der Waals surface area contributed by atoms with Gasteiger partial charge in [-0.3, -0.25) is 5.41 Å². The van der Waals surface area contributed by atoms with Crippen LogP contribution in [0.25, 0.3) is 0 Å². The van der Waals surface area contributed by atoms with Crippen molar-refractivity contribution in [2.75, 3.05) is 0 Å². The van der Waals surface area contributed by atoms with Gasteiger partial charge in [0, 0.05) is 19.8 Å². The molecule has 2 rings (SSSR count).